The Morgan fingerprint density at radius 1 is 1.15 bits per heavy atom. The lowest BCUT2D eigenvalue weighted by Gasteiger charge is -2.13. The van der Waals surface area contributed by atoms with Crippen molar-refractivity contribution >= 4 is 58.3 Å². The van der Waals surface area contributed by atoms with E-state index in [1.165, 1.54) is 36.6 Å². The Bertz CT molecular complexity index is 1360. The lowest BCUT2D eigenvalue weighted by Crippen LogP contribution is -2.21. The summed E-state index contributed by atoms with van der Waals surface area (Å²) in [4.78, 5) is 37.2. The van der Waals surface area contributed by atoms with Gasteiger partial charge in [0.05, 0.1) is 34.7 Å². The van der Waals surface area contributed by atoms with Crippen LogP contribution in [0, 0.1) is 0 Å². The van der Waals surface area contributed by atoms with Crippen LogP contribution in [0.1, 0.15) is 32.5 Å². The number of rotatable bonds is 6. The van der Waals surface area contributed by atoms with E-state index in [1.54, 1.807) is 48.7 Å². The summed E-state index contributed by atoms with van der Waals surface area (Å²) in [7, 11) is 1.45. The first kappa shape index (κ1) is 23.2. The van der Waals surface area contributed by atoms with Crippen molar-refractivity contribution < 1.29 is 29.0 Å². The fraction of sp³-hybridized carbons (Fsp3) is 0.0833. The molecule has 0 aliphatic carbocycles. The van der Waals surface area contributed by atoms with E-state index in [9.17, 15) is 19.5 Å². The number of esters is 1. The number of halogens is 1. The van der Waals surface area contributed by atoms with Gasteiger partial charge in [-0.2, -0.15) is 10.1 Å². The van der Waals surface area contributed by atoms with Crippen LogP contribution in [0.4, 0.5) is 5.69 Å². The first-order valence-corrected chi connectivity index (χ1v) is 11.1. The molecule has 1 amide bonds. The highest BCUT2D eigenvalue weighted by Gasteiger charge is 2.29. The molecular formula is C24H17ClN2O6S. The first-order valence-electron chi connectivity index (χ1n) is 9.86. The number of anilines is 1. The van der Waals surface area contributed by atoms with Crippen molar-refractivity contribution in [1.82, 2.24) is 0 Å². The fourth-order valence-electron chi connectivity index (χ4n) is 3.24. The molecule has 2 aromatic carbocycles. The molecule has 0 spiro atoms. The summed E-state index contributed by atoms with van der Waals surface area (Å²) in [5.41, 5.74) is 1.54. The van der Waals surface area contributed by atoms with E-state index in [-0.39, 0.29) is 22.0 Å². The largest absolute Gasteiger partial charge is 0.493 e. The number of hydrazone groups is 1. The van der Waals surface area contributed by atoms with Gasteiger partial charge in [-0.1, -0.05) is 23.7 Å². The molecule has 1 aromatic heterocycles. The number of hydrogen-bond donors (Lipinski definition) is 1. The molecule has 10 heteroatoms. The number of carbonyl (C=O) groups is 3. The minimum absolute atomic E-state index is 0.0614. The van der Waals surface area contributed by atoms with E-state index in [1.807, 2.05) is 0 Å². The monoisotopic (exact) mass is 496 g/mol. The topological polar surface area (TPSA) is 106 Å². The summed E-state index contributed by atoms with van der Waals surface area (Å²) >= 11 is 7.20. The number of nitrogens with zero attached hydrogens (tertiary/aromatic N) is 2. The van der Waals surface area contributed by atoms with Crippen molar-refractivity contribution in [3.05, 3.63) is 80.5 Å². The van der Waals surface area contributed by atoms with Gasteiger partial charge < -0.3 is 14.6 Å². The predicted octanol–water partition coefficient (Wildman–Crippen LogP) is 5.13. The van der Waals surface area contributed by atoms with Crippen molar-refractivity contribution in [3.63, 3.8) is 0 Å². The molecule has 172 valence electrons. The van der Waals surface area contributed by atoms with Crippen molar-refractivity contribution in [1.29, 1.82) is 0 Å². The van der Waals surface area contributed by atoms with Crippen LogP contribution in [0.3, 0.4) is 0 Å². The zero-order chi connectivity index (χ0) is 24.4. The van der Waals surface area contributed by atoms with Gasteiger partial charge in [0.25, 0.3) is 5.91 Å². The van der Waals surface area contributed by atoms with Crippen LogP contribution in [0.2, 0.25) is 5.02 Å². The number of carboxylic acids is 1. The molecular weight excluding hydrogens is 480 g/mol. The van der Waals surface area contributed by atoms with E-state index in [2.05, 4.69) is 5.10 Å². The standard InChI is InChI=1S/C24H17ClN2O6S/c1-13-16(22(28)27(26-13)15-6-7-18(25)17(12-15)23(29)30)10-14-5-8-19(20(11-14)32-2)33-24(31)21-4-3-9-34-21/h3-12H,1-2H3,(H,29,30)/b16-10-. The van der Waals surface area contributed by atoms with E-state index >= 15 is 0 Å². The zero-order valence-electron chi connectivity index (χ0n) is 17.9. The number of ether oxygens (including phenoxy) is 2. The smallest absolute Gasteiger partial charge is 0.353 e. The molecule has 1 aliphatic rings. The molecule has 3 aromatic rings. The average Bonchev–Trinajstić information content (AvgIpc) is 3.45. The van der Waals surface area contributed by atoms with Gasteiger partial charge >= 0.3 is 11.9 Å². The van der Waals surface area contributed by atoms with Gasteiger partial charge in [0.15, 0.2) is 11.5 Å². The average molecular weight is 497 g/mol. The highest BCUT2D eigenvalue weighted by Crippen LogP contribution is 2.32. The Kier molecular flexibility index (Phi) is 6.49. The Morgan fingerprint density at radius 2 is 1.94 bits per heavy atom. The molecule has 34 heavy (non-hydrogen) atoms. The van der Waals surface area contributed by atoms with E-state index in [0.29, 0.717) is 27.5 Å². The quantitative estimate of drug-likeness (QED) is 0.288. The van der Waals surface area contributed by atoms with Gasteiger partial charge in [-0.3, -0.25) is 4.79 Å². The maximum absolute atomic E-state index is 13.0. The Morgan fingerprint density at radius 3 is 2.62 bits per heavy atom. The van der Waals surface area contributed by atoms with Gasteiger partial charge in [-0.25, -0.2) is 9.59 Å². The van der Waals surface area contributed by atoms with Crippen molar-refractivity contribution in [2.75, 3.05) is 12.1 Å². The number of thiophene rings is 1. The minimum atomic E-state index is -1.21. The molecule has 2 heterocycles. The maximum Gasteiger partial charge on any atom is 0.353 e. The molecule has 0 saturated carbocycles. The molecule has 0 bridgehead atoms. The van der Waals surface area contributed by atoms with Crippen LogP contribution < -0.4 is 14.5 Å². The SMILES string of the molecule is COc1cc(/C=C2\C(=O)N(c3ccc(Cl)c(C(=O)O)c3)N=C2C)ccc1OC(=O)c1cccs1. The third-order valence-electron chi connectivity index (χ3n) is 4.91. The van der Waals surface area contributed by atoms with Crippen LogP contribution in [0.5, 0.6) is 11.5 Å². The summed E-state index contributed by atoms with van der Waals surface area (Å²) in [5, 5.41) is 16.5. The highest BCUT2D eigenvalue weighted by molar-refractivity contribution is 7.12. The van der Waals surface area contributed by atoms with Crippen molar-refractivity contribution in [2.24, 2.45) is 5.10 Å². The summed E-state index contributed by atoms with van der Waals surface area (Å²) in [6, 6.07) is 12.5. The number of benzene rings is 2. The molecule has 0 fully saturated rings. The Labute approximate surface area is 203 Å². The lowest BCUT2D eigenvalue weighted by molar-refractivity contribution is -0.114. The van der Waals surface area contributed by atoms with Crippen LogP contribution >= 0.6 is 22.9 Å². The van der Waals surface area contributed by atoms with Crippen molar-refractivity contribution in [3.8, 4) is 11.5 Å². The number of methoxy groups -OCH3 is 1. The normalized spacial score (nSPS) is 14.3. The molecule has 0 radical (unpaired) electrons. The summed E-state index contributed by atoms with van der Waals surface area (Å²) < 4.78 is 10.8. The maximum atomic E-state index is 13.0. The molecule has 0 saturated heterocycles. The first-order chi connectivity index (χ1) is 16.3. The zero-order valence-corrected chi connectivity index (χ0v) is 19.5. The number of carboxylic acid groups (broad SMARTS) is 1. The molecule has 4 rings (SSSR count). The fourth-order valence-corrected chi connectivity index (χ4v) is 4.04. The van der Waals surface area contributed by atoms with Crippen LogP contribution in [0.15, 0.2) is 64.6 Å². The molecule has 1 N–H and O–H groups in total. The minimum Gasteiger partial charge on any atom is -0.493 e. The van der Waals surface area contributed by atoms with Crippen molar-refractivity contribution in [2.45, 2.75) is 6.92 Å². The second-order valence-electron chi connectivity index (χ2n) is 7.11. The second-order valence-corrected chi connectivity index (χ2v) is 8.46. The van der Waals surface area contributed by atoms with Crippen LogP contribution in [-0.2, 0) is 4.79 Å². The van der Waals surface area contributed by atoms with Crippen LogP contribution in [0.25, 0.3) is 6.08 Å². The summed E-state index contributed by atoms with van der Waals surface area (Å²) in [6.45, 7) is 1.67. The third kappa shape index (κ3) is 4.57. The summed E-state index contributed by atoms with van der Waals surface area (Å²) in [5.74, 6) is -1.56. The van der Waals surface area contributed by atoms with Gasteiger partial charge in [-0.05, 0) is 60.3 Å². The second kappa shape index (κ2) is 9.50. The van der Waals surface area contributed by atoms with Gasteiger partial charge in [-0.15, -0.1) is 11.3 Å². The molecule has 8 nitrogen and oxygen atoms in total. The highest BCUT2D eigenvalue weighted by atomic mass is 35.5. The van der Waals surface area contributed by atoms with E-state index in [0.717, 1.165) is 5.01 Å². The molecule has 0 atom stereocenters. The summed E-state index contributed by atoms with van der Waals surface area (Å²) in [6.07, 6.45) is 1.63. The van der Waals surface area contributed by atoms with Gasteiger partial charge in [0.1, 0.15) is 4.88 Å². The van der Waals surface area contributed by atoms with Gasteiger partial charge in [0, 0.05) is 0 Å². The molecule has 0 unspecified atom stereocenters. The number of hydrogen-bond acceptors (Lipinski definition) is 7. The Balaban J connectivity index is 1.60. The lowest BCUT2D eigenvalue weighted by atomic mass is 10.1. The van der Waals surface area contributed by atoms with Crippen LogP contribution in [-0.4, -0.2) is 35.8 Å². The molecule has 1 aliphatic heterocycles. The number of carbonyl (C=O) groups excluding carboxylic acids is 2. The van der Waals surface area contributed by atoms with E-state index in [4.69, 9.17) is 21.1 Å². The Hall–Kier alpha value is -3.95. The number of amides is 1. The van der Waals surface area contributed by atoms with E-state index < -0.39 is 17.8 Å². The predicted molar refractivity (Wildman–Crippen MR) is 129 cm³/mol. The third-order valence-corrected chi connectivity index (χ3v) is 6.09. The number of aromatic carboxylic acids is 1. The van der Waals surface area contributed by atoms with Gasteiger partial charge in [0.2, 0.25) is 0 Å².